The molecular formula is C29H37Cl2NO8S. The lowest BCUT2D eigenvalue weighted by atomic mass is 9.82. The Balaban J connectivity index is 2.00. The highest BCUT2D eigenvalue weighted by Gasteiger charge is 2.28. The molecule has 2 unspecified atom stereocenters. The number of carbonyl (C=O) groups is 3. The molecule has 2 rings (SSSR count). The molecule has 0 aliphatic rings. The normalized spacial score (nSPS) is 12.8. The Labute approximate surface area is 251 Å². The van der Waals surface area contributed by atoms with Gasteiger partial charge in [-0.15, -0.1) is 0 Å². The van der Waals surface area contributed by atoms with Gasteiger partial charge in [-0.2, -0.15) is 0 Å². The van der Waals surface area contributed by atoms with Gasteiger partial charge < -0.3 is 14.2 Å². The number of halogens is 2. The van der Waals surface area contributed by atoms with Crippen molar-refractivity contribution in [3.8, 4) is 5.75 Å². The van der Waals surface area contributed by atoms with Gasteiger partial charge in [0.25, 0.3) is 0 Å². The summed E-state index contributed by atoms with van der Waals surface area (Å²) in [7, 11) is -3.92. The van der Waals surface area contributed by atoms with E-state index in [0.717, 1.165) is 18.4 Å². The van der Waals surface area contributed by atoms with Gasteiger partial charge in [-0.25, -0.2) is 17.9 Å². The van der Waals surface area contributed by atoms with Gasteiger partial charge in [0, 0.05) is 6.54 Å². The quantitative estimate of drug-likeness (QED) is 0.130. The third-order valence-electron chi connectivity index (χ3n) is 6.38. The van der Waals surface area contributed by atoms with Crippen molar-refractivity contribution in [2.75, 3.05) is 19.8 Å². The lowest BCUT2D eigenvalue weighted by Crippen LogP contribution is -2.27. The summed E-state index contributed by atoms with van der Waals surface area (Å²) in [5, 5.41) is -0.140. The van der Waals surface area contributed by atoms with Gasteiger partial charge in [0.15, 0.2) is 5.75 Å². The number of hydrogen-bond acceptors (Lipinski definition) is 8. The fourth-order valence-electron chi connectivity index (χ4n) is 4.21. The Hall–Kier alpha value is -2.66. The van der Waals surface area contributed by atoms with E-state index in [-0.39, 0.29) is 63.6 Å². The molecule has 0 fully saturated rings. The first-order valence-corrected chi connectivity index (χ1v) is 15.9. The minimum Gasteiger partial charge on any atom is -0.465 e. The number of carbonyl (C=O) groups excluding carboxylic acids is 3. The van der Waals surface area contributed by atoms with Crippen LogP contribution in [0.1, 0.15) is 81.6 Å². The third-order valence-corrected chi connectivity index (χ3v) is 8.41. The summed E-state index contributed by atoms with van der Waals surface area (Å²) in [5.74, 6) is -2.23. The molecule has 0 heterocycles. The number of rotatable bonds is 16. The Morgan fingerprint density at radius 1 is 0.927 bits per heavy atom. The van der Waals surface area contributed by atoms with Gasteiger partial charge in [-0.3, -0.25) is 9.59 Å². The van der Waals surface area contributed by atoms with E-state index in [2.05, 4.69) is 4.72 Å². The fraction of sp³-hybridized carbons (Fsp3) is 0.483. The van der Waals surface area contributed by atoms with Crippen LogP contribution in [0.2, 0.25) is 10.0 Å². The lowest BCUT2D eigenvalue weighted by Gasteiger charge is -2.24. The van der Waals surface area contributed by atoms with E-state index in [9.17, 15) is 22.8 Å². The zero-order chi connectivity index (χ0) is 30.6. The van der Waals surface area contributed by atoms with Crippen LogP contribution in [0.4, 0.5) is 0 Å². The topological polar surface area (TPSA) is 125 Å². The maximum Gasteiger partial charge on any atom is 0.338 e. The summed E-state index contributed by atoms with van der Waals surface area (Å²) in [6.07, 6.45) is 2.73. The third kappa shape index (κ3) is 9.99. The molecule has 226 valence electrons. The van der Waals surface area contributed by atoms with E-state index in [4.69, 9.17) is 37.4 Å². The van der Waals surface area contributed by atoms with E-state index in [1.807, 2.05) is 20.8 Å². The number of nitrogens with one attached hydrogen (secondary N) is 1. The van der Waals surface area contributed by atoms with Crippen LogP contribution in [0.5, 0.6) is 5.75 Å². The molecule has 0 aliphatic heterocycles. The molecule has 0 aromatic heterocycles. The molecule has 0 saturated heterocycles. The van der Waals surface area contributed by atoms with Crippen molar-refractivity contribution in [2.24, 2.45) is 5.92 Å². The Bertz CT molecular complexity index is 1280. The average Bonchev–Trinajstić information content (AvgIpc) is 2.93. The van der Waals surface area contributed by atoms with Gasteiger partial charge in [0.1, 0.15) is 0 Å². The summed E-state index contributed by atoms with van der Waals surface area (Å²) in [6.45, 7) is 7.91. The number of hydrogen-bond donors (Lipinski definition) is 1. The van der Waals surface area contributed by atoms with Gasteiger partial charge >= 0.3 is 17.9 Å². The van der Waals surface area contributed by atoms with Crippen LogP contribution in [-0.2, 0) is 29.1 Å². The van der Waals surface area contributed by atoms with Gasteiger partial charge in [0.2, 0.25) is 10.0 Å². The first-order chi connectivity index (χ1) is 19.5. The van der Waals surface area contributed by atoms with E-state index < -0.39 is 22.0 Å². The smallest absolute Gasteiger partial charge is 0.338 e. The molecule has 2 aromatic rings. The summed E-state index contributed by atoms with van der Waals surface area (Å²) in [6, 6.07) is 8.87. The molecule has 1 N–H and O–H groups in total. The van der Waals surface area contributed by atoms with Crippen molar-refractivity contribution in [3.05, 3.63) is 57.6 Å². The highest BCUT2D eigenvalue weighted by atomic mass is 35.5. The molecule has 0 spiro atoms. The van der Waals surface area contributed by atoms with Crippen LogP contribution in [0.3, 0.4) is 0 Å². The highest BCUT2D eigenvalue weighted by Crippen LogP contribution is 2.35. The molecule has 0 aliphatic carbocycles. The van der Waals surface area contributed by atoms with Crippen molar-refractivity contribution >= 4 is 51.1 Å². The maximum atomic E-state index is 12.8. The second-order valence-electron chi connectivity index (χ2n) is 9.23. The van der Waals surface area contributed by atoms with Crippen LogP contribution in [0.15, 0.2) is 41.3 Å². The van der Waals surface area contributed by atoms with E-state index in [1.54, 1.807) is 19.1 Å². The van der Waals surface area contributed by atoms with E-state index in [0.29, 0.717) is 19.4 Å². The van der Waals surface area contributed by atoms with E-state index >= 15 is 0 Å². The van der Waals surface area contributed by atoms with Crippen LogP contribution in [0.25, 0.3) is 0 Å². The average molecular weight is 631 g/mol. The molecule has 41 heavy (non-hydrogen) atoms. The summed E-state index contributed by atoms with van der Waals surface area (Å²) in [4.78, 5) is 36.9. The highest BCUT2D eigenvalue weighted by molar-refractivity contribution is 7.89. The minimum atomic E-state index is -3.92. The summed E-state index contributed by atoms with van der Waals surface area (Å²) < 4.78 is 43.5. The zero-order valence-electron chi connectivity index (χ0n) is 23.7. The summed E-state index contributed by atoms with van der Waals surface area (Å²) in [5.41, 5.74) is 0.944. The maximum absolute atomic E-state index is 12.8. The standard InChI is InChI=1S/C29H37Cl2NO8S/c1-5-9-16-39-29(35)23(7-3)22(6-2)19-10-12-21(13-11-19)41(36,37)32-15-14-26(33)40-27-24(30)17-20(18-25(27)31)28(34)38-8-4/h10-13,17-18,22-23,32H,5-9,14-16H2,1-4H3. The van der Waals surface area contributed by atoms with Crippen LogP contribution < -0.4 is 9.46 Å². The molecule has 0 radical (unpaired) electrons. The number of esters is 3. The Kier molecular flexibility index (Phi) is 14.1. The molecule has 9 nitrogen and oxygen atoms in total. The molecule has 0 saturated carbocycles. The number of unbranched alkanes of at least 4 members (excludes halogenated alkanes) is 1. The Morgan fingerprint density at radius 2 is 1.56 bits per heavy atom. The van der Waals surface area contributed by atoms with E-state index in [1.165, 1.54) is 24.3 Å². The minimum absolute atomic E-state index is 0.0173. The first-order valence-electron chi connectivity index (χ1n) is 13.6. The van der Waals surface area contributed by atoms with Gasteiger partial charge in [0.05, 0.1) is 46.1 Å². The number of ether oxygens (including phenoxy) is 3. The molecule has 2 atom stereocenters. The molecule has 0 amide bonds. The number of sulfonamides is 1. The molecule has 2 aromatic carbocycles. The summed E-state index contributed by atoms with van der Waals surface area (Å²) >= 11 is 12.2. The van der Waals surface area contributed by atoms with Crippen molar-refractivity contribution in [1.29, 1.82) is 0 Å². The largest absolute Gasteiger partial charge is 0.465 e. The zero-order valence-corrected chi connectivity index (χ0v) is 26.0. The molecular weight excluding hydrogens is 593 g/mol. The van der Waals surface area contributed by atoms with Gasteiger partial charge in [-0.05, 0) is 61.9 Å². The molecule has 0 bridgehead atoms. The van der Waals surface area contributed by atoms with Crippen molar-refractivity contribution in [3.63, 3.8) is 0 Å². The predicted octanol–water partition coefficient (Wildman–Crippen LogP) is 6.31. The second kappa shape index (κ2) is 16.7. The van der Waals surface area contributed by atoms with Crippen molar-refractivity contribution < 1.29 is 37.0 Å². The number of benzene rings is 2. The predicted molar refractivity (Wildman–Crippen MR) is 157 cm³/mol. The van der Waals surface area contributed by atoms with Crippen molar-refractivity contribution in [1.82, 2.24) is 4.72 Å². The monoisotopic (exact) mass is 629 g/mol. The second-order valence-corrected chi connectivity index (χ2v) is 11.8. The van der Waals surface area contributed by atoms with Gasteiger partial charge in [-0.1, -0.05) is 62.5 Å². The SMILES string of the molecule is CCCCOC(=O)C(CC)C(CC)c1ccc(S(=O)(=O)NCCC(=O)Oc2c(Cl)cc(C(=O)OCC)cc2Cl)cc1. The van der Waals surface area contributed by atoms with Crippen molar-refractivity contribution in [2.45, 2.75) is 70.6 Å². The first kappa shape index (κ1) is 34.5. The molecule has 12 heteroatoms. The van der Waals surface area contributed by atoms with Crippen LogP contribution in [-0.4, -0.2) is 46.1 Å². The van der Waals surface area contributed by atoms with Crippen LogP contribution in [0, 0.1) is 5.92 Å². The Morgan fingerprint density at radius 3 is 2.10 bits per heavy atom. The fourth-order valence-corrected chi connectivity index (χ4v) is 5.81. The van der Waals surface area contributed by atoms with Crippen LogP contribution >= 0.6 is 23.2 Å². The lowest BCUT2D eigenvalue weighted by molar-refractivity contribution is -0.149.